The highest BCUT2D eigenvalue weighted by molar-refractivity contribution is 5.84. The standard InChI is InChI=1S/C23H22N8O/c1-12-6-4-8-15(10-12)17-18(28-16-9-5-7-13(2)31(16)22(17)32)14(3)27-21-19-20(26-11-25-19)29-23(24)30-21/h4-11,14H,1-3H3,(H4,24,25,26,27,29,30). The topological polar surface area (TPSA) is 127 Å². The molecule has 0 amide bonds. The minimum atomic E-state index is -0.363. The minimum Gasteiger partial charge on any atom is -0.368 e. The molecule has 5 aromatic rings. The molecule has 1 unspecified atom stereocenters. The molecule has 1 atom stereocenters. The summed E-state index contributed by atoms with van der Waals surface area (Å²) < 4.78 is 1.64. The van der Waals surface area contributed by atoms with E-state index in [0.717, 1.165) is 16.8 Å². The molecule has 5 rings (SSSR count). The Morgan fingerprint density at radius 1 is 1.09 bits per heavy atom. The molecule has 32 heavy (non-hydrogen) atoms. The van der Waals surface area contributed by atoms with Crippen molar-refractivity contribution in [2.45, 2.75) is 26.8 Å². The maximum Gasteiger partial charge on any atom is 0.266 e. The maximum absolute atomic E-state index is 13.7. The van der Waals surface area contributed by atoms with E-state index >= 15 is 0 Å². The number of pyridine rings is 1. The second kappa shape index (κ2) is 7.45. The summed E-state index contributed by atoms with van der Waals surface area (Å²) in [4.78, 5) is 34.3. The van der Waals surface area contributed by atoms with E-state index in [2.05, 4.69) is 25.3 Å². The van der Waals surface area contributed by atoms with Crippen LogP contribution in [0.1, 0.15) is 29.9 Å². The number of hydrogen-bond acceptors (Lipinski definition) is 7. The van der Waals surface area contributed by atoms with Crippen molar-refractivity contribution in [3.8, 4) is 11.1 Å². The number of hydrogen-bond donors (Lipinski definition) is 3. The molecule has 0 spiro atoms. The van der Waals surface area contributed by atoms with E-state index in [1.165, 1.54) is 6.33 Å². The highest BCUT2D eigenvalue weighted by Crippen LogP contribution is 2.29. The lowest BCUT2D eigenvalue weighted by Crippen LogP contribution is -2.24. The molecule has 9 heteroatoms. The summed E-state index contributed by atoms with van der Waals surface area (Å²) in [6, 6.07) is 13.1. The van der Waals surface area contributed by atoms with Crippen LogP contribution in [0.2, 0.25) is 0 Å². The van der Waals surface area contributed by atoms with Gasteiger partial charge in [-0.2, -0.15) is 9.97 Å². The van der Waals surface area contributed by atoms with Gasteiger partial charge in [0.2, 0.25) is 5.95 Å². The summed E-state index contributed by atoms with van der Waals surface area (Å²) in [6.45, 7) is 5.83. The third kappa shape index (κ3) is 3.24. The first kappa shape index (κ1) is 19.7. The lowest BCUT2D eigenvalue weighted by molar-refractivity contribution is 0.821. The zero-order valence-corrected chi connectivity index (χ0v) is 17.9. The number of anilines is 2. The Bertz CT molecular complexity index is 1530. The molecule has 160 valence electrons. The number of nitrogens with two attached hydrogens (primary N) is 1. The molecule has 0 saturated carbocycles. The Morgan fingerprint density at radius 3 is 2.72 bits per heavy atom. The second-order valence-electron chi connectivity index (χ2n) is 7.80. The van der Waals surface area contributed by atoms with Gasteiger partial charge in [0.25, 0.3) is 5.56 Å². The van der Waals surface area contributed by atoms with Gasteiger partial charge >= 0.3 is 0 Å². The molecule has 0 aliphatic heterocycles. The number of fused-ring (bicyclic) bond motifs is 2. The first-order chi connectivity index (χ1) is 15.4. The Morgan fingerprint density at radius 2 is 1.91 bits per heavy atom. The fourth-order valence-electron chi connectivity index (χ4n) is 3.97. The first-order valence-electron chi connectivity index (χ1n) is 10.2. The molecular formula is C23H22N8O. The van der Waals surface area contributed by atoms with Crippen LogP contribution in [0, 0.1) is 13.8 Å². The number of nitrogens with one attached hydrogen (secondary N) is 2. The summed E-state index contributed by atoms with van der Waals surface area (Å²) in [5, 5.41) is 3.34. The van der Waals surface area contributed by atoms with Gasteiger partial charge in [-0.05, 0) is 38.5 Å². The zero-order valence-electron chi connectivity index (χ0n) is 17.9. The summed E-state index contributed by atoms with van der Waals surface area (Å²) in [5.74, 6) is 0.597. The van der Waals surface area contributed by atoms with E-state index in [1.54, 1.807) is 4.40 Å². The molecule has 0 radical (unpaired) electrons. The van der Waals surface area contributed by atoms with Gasteiger partial charge < -0.3 is 16.0 Å². The number of aromatic amines is 1. The highest BCUT2D eigenvalue weighted by Gasteiger charge is 2.22. The van der Waals surface area contributed by atoms with Crippen molar-refractivity contribution in [1.29, 1.82) is 0 Å². The zero-order chi connectivity index (χ0) is 22.4. The van der Waals surface area contributed by atoms with Gasteiger partial charge in [-0.15, -0.1) is 0 Å². The third-order valence-electron chi connectivity index (χ3n) is 5.44. The molecule has 0 aliphatic carbocycles. The van der Waals surface area contributed by atoms with Gasteiger partial charge in [-0.3, -0.25) is 9.20 Å². The van der Waals surface area contributed by atoms with Crippen LogP contribution >= 0.6 is 0 Å². The van der Waals surface area contributed by atoms with Crippen molar-refractivity contribution in [1.82, 2.24) is 29.3 Å². The molecule has 4 heterocycles. The van der Waals surface area contributed by atoms with Gasteiger partial charge in [0.1, 0.15) is 11.2 Å². The van der Waals surface area contributed by atoms with Crippen molar-refractivity contribution < 1.29 is 0 Å². The normalized spacial score (nSPS) is 12.3. The fourth-order valence-corrected chi connectivity index (χ4v) is 3.97. The molecule has 0 saturated heterocycles. The van der Waals surface area contributed by atoms with E-state index in [4.69, 9.17) is 10.7 Å². The predicted octanol–water partition coefficient (Wildman–Crippen LogP) is 3.40. The summed E-state index contributed by atoms with van der Waals surface area (Å²) in [7, 11) is 0. The van der Waals surface area contributed by atoms with Gasteiger partial charge in [0, 0.05) is 5.69 Å². The number of aromatic nitrogens is 6. The average molecular weight is 426 g/mol. The van der Waals surface area contributed by atoms with Crippen LogP contribution in [0.5, 0.6) is 0 Å². The molecule has 1 aromatic carbocycles. The Labute approximate surface area is 183 Å². The van der Waals surface area contributed by atoms with E-state index in [0.29, 0.717) is 33.9 Å². The van der Waals surface area contributed by atoms with Gasteiger partial charge in [-0.1, -0.05) is 35.9 Å². The number of nitrogens with zero attached hydrogens (tertiary/aromatic N) is 5. The van der Waals surface area contributed by atoms with Crippen molar-refractivity contribution in [2.75, 3.05) is 11.1 Å². The fraction of sp³-hybridized carbons (Fsp3) is 0.174. The van der Waals surface area contributed by atoms with Crippen LogP contribution in [-0.2, 0) is 0 Å². The predicted molar refractivity (Wildman–Crippen MR) is 125 cm³/mol. The number of H-pyrrole nitrogens is 1. The first-order valence-corrected chi connectivity index (χ1v) is 10.2. The molecule has 9 nitrogen and oxygen atoms in total. The van der Waals surface area contributed by atoms with Gasteiger partial charge in [-0.25, -0.2) is 9.97 Å². The van der Waals surface area contributed by atoms with Crippen LogP contribution in [0.4, 0.5) is 11.8 Å². The molecule has 4 N–H and O–H groups in total. The lowest BCUT2D eigenvalue weighted by Gasteiger charge is -2.19. The molecule has 0 bridgehead atoms. The number of imidazole rings is 1. The van der Waals surface area contributed by atoms with Crippen LogP contribution in [0.25, 0.3) is 27.9 Å². The van der Waals surface area contributed by atoms with Crippen LogP contribution in [0.3, 0.4) is 0 Å². The summed E-state index contributed by atoms with van der Waals surface area (Å²) in [5.41, 5.74) is 11.3. The van der Waals surface area contributed by atoms with Crippen molar-refractivity contribution in [3.63, 3.8) is 0 Å². The number of benzene rings is 1. The molecular weight excluding hydrogens is 404 g/mol. The lowest BCUT2D eigenvalue weighted by atomic mass is 9.99. The number of rotatable bonds is 4. The monoisotopic (exact) mass is 426 g/mol. The Hall–Kier alpha value is -4.27. The SMILES string of the molecule is Cc1cccc(-c2c(C(C)Nc3nc(N)nc4[nH]cnc34)nc3cccc(C)n3c2=O)c1. The van der Waals surface area contributed by atoms with Crippen LogP contribution < -0.4 is 16.6 Å². The van der Waals surface area contributed by atoms with E-state index in [9.17, 15) is 4.79 Å². The molecule has 0 aliphatic rings. The van der Waals surface area contributed by atoms with E-state index in [-0.39, 0.29) is 17.5 Å². The number of nitrogen functional groups attached to an aromatic ring is 1. The summed E-state index contributed by atoms with van der Waals surface area (Å²) >= 11 is 0. The van der Waals surface area contributed by atoms with Gasteiger partial charge in [0.15, 0.2) is 11.5 Å². The van der Waals surface area contributed by atoms with E-state index in [1.807, 2.05) is 63.2 Å². The van der Waals surface area contributed by atoms with Crippen molar-refractivity contribution in [2.24, 2.45) is 0 Å². The largest absolute Gasteiger partial charge is 0.368 e. The summed E-state index contributed by atoms with van der Waals surface area (Å²) in [6.07, 6.45) is 1.54. The third-order valence-corrected chi connectivity index (χ3v) is 5.44. The smallest absolute Gasteiger partial charge is 0.266 e. The van der Waals surface area contributed by atoms with Crippen LogP contribution in [-0.4, -0.2) is 29.3 Å². The second-order valence-corrected chi connectivity index (χ2v) is 7.80. The quantitative estimate of drug-likeness (QED) is 0.402. The van der Waals surface area contributed by atoms with Gasteiger partial charge in [0.05, 0.1) is 23.6 Å². The Balaban J connectivity index is 1.72. The average Bonchev–Trinajstić information content (AvgIpc) is 3.22. The van der Waals surface area contributed by atoms with Crippen molar-refractivity contribution >= 4 is 28.6 Å². The number of aryl methyl sites for hydroxylation is 2. The van der Waals surface area contributed by atoms with E-state index < -0.39 is 0 Å². The molecule has 0 fully saturated rings. The maximum atomic E-state index is 13.7. The molecule has 4 aromatic heterocycles. The van der Waals surface area contributed by atoms with Crippen molar-refractivity contribution in [3.05, 3.63) is 76.1 Å². The van der Waals surface area contributed by atoms with Crippen LogP contribution in [0.15, 0.2) is 53.6 Å². The highest BCUT2D eigenvalue weighted by atomic mass is 16.1. The Kier molecular flexibility index (Phi) is 4.58. The minimum absolute atomic E-state index is 0.116.